The van der Waals surface area contributed by atoms with Crippen LogP contribution in [0.2, 0.25) is 0 Å². The summed E-state index contributed by atoms with van der Waals surface area (Å²) in [5.74, 6) is -1.19. The maximum atomic E-state index is 14.1. The van der Waals surface area contributed by atoms with Gasteiger partial charge in [-0.3, -0.25) is 4.79 Å². The zero-order valence-electron chi connectivity index (χ0n) is 16.7. The van der Waals surface area contributed by atoms with Crippen molar-refractivity contribution in [3.8, 4) is 0 Å². The number of halogens is 3. The van der Waals surface area contributed by atoms with E-state index in [0.29, 0.717) is 17.7 Å². The van der Waals surface area contributed by atoms with Gasteiger partial charge in [-0.15, -0.1) is 0 Å². The van der Waals surface area contributed by atoms with E-state index in [9.17, 15) is 18.0 Å². The number of carbonyl (C=O) groups is 1. The van der Waals surface area contributed by atoms with E-state index in [0.717, 1.165) is 0 Å². The molecule has 0 radical (unpaired) electrons. The van der Waals surface area contributed by atoms with Crippen LogP contribution in [-0.4, -0.2) is 18.9 Å². The fourth-order valence-corrected chi connectivity index (χ4v) is 4.27. The van der Waals surface area contributed by atoms with Crippen molar-refractivity contribution in [3.63, 3.8) is 0 Å². The highest BCUT2D eigenvalue weighted by Crippen LogP contribution is 2.59. The molecule has 2 rings (SSSR count). The fraction of sp³-hybridized carbons (Fsp3) is 0.476. The second-order valence-corrected chi connectivity index (χ2v) is 7.75. The number of hydrogen-bond acceptors (Lipinski definition) is 3. The minimum absolute atomic E-state index is 0.193. The molecule has 0 aliphatic heterocycles. The minimum Gasteiger partial charge on any atom is -0.401 e. The topological polar surface area (TPSA) is 81.1 Å². The van der Waals surface area contributed by atoms with Crippen molar-refractivity contribution in [3.05, 3.63) is 53.0 Å². The van der Waals surface area contributed by atoms with Gasteiger partial charge in [-0.25, -0.2) is 13.2 Å². The van der Waals surface area contributed by atoms with Crippen LogP contribution in [0.3, 0.4) is 0 Å². The molecule has 0 aromatic heterocycles. The van der Waals surface area contributed by atoms with E-state index >= 15 is 0 Å². The number of rotatable bonds is 6. The van der Waals surface area contributed by atoms with Gasteiger partial charge in [0, 0.05) is 17.0 Å². The van der Waals surface area contributed by atoms with Crippen LogP contribution in [0.5, 0.6) is 0 Å². The molecular weight excluding hydrogens is 367 g/mol. The van der Waals surface area contributed by atoms with Crippen molar-refractivity contribution >= 4 is 11.6 Å². The Morgan fingerprint density at radius 1 is 1.32 bits per heavy atom. The lowest BCUT2D eigenvalue weighted by atomic mass is 9.61. The van der Waals surface area contributed by atoms with E-state index < -0.39 is 35.5 Å². The number of allylic oxidation sites excluding steroid dienone is 2. The van der Waals surface area contributed by atoms with Gasteiger partial charge in [-0.2, -0.15) is 0 Å². The monoisotopic (exact) mass is 395 g/mol. The minimum atomic E-state index is -2.65. The third-order valence-electron chi connectivity index (χ3n) is 6.25. The molecule has 5 N–H and O–H groups in total. The SMILES string of the molecule is CCC1(C(=O)NCC(F)F)C(N)=C(/C=C(\N)c2ccccc2F)C(C)C1(C)C. The van der Waals surface area contributed by atoms with Crippen molar-refractivity contribution in [1.82, 2.24) is 5.32 Å². The first kappa shape index (κ1) is 21.9. The smallest absolute Gasteiger partial charge is 0.255 e. The predicted octanol–water partition coefficient (Wildman–Crippen LogP) is 3.79. The molecule has 1 aliphatic carbocycles. The first-order valence-electron chi connectivity index (χ1n) is 9.29. The van der Waals surface area contributed by atoms with Crippen molar-refractivity contribution in [2.75, 3.05) is 6.54 Å². The Bertz CT molecular complexity index is 817. The molecule has 1 aliphatic rings. The van der Waals surface area contributed by atoms with Crippen LogP contribution in [0.4, 0.5) is 13.2 Å². The van der Waals surface area contributed by atoms with Gasteiger partial charge < -0.3 is 16.8 Å². The molecule has 7 heteroatoms. The molecule has 0 spiro atoms. The number of nitrogens with one attached hydrogen (secondary N) is 1. The summed E-state index contributed by atoms with van der Waals surface area (Å²) in [6, 6.07) is 6.11. The van der Waals surface area contributed by atoms with Crippen LogP contribution in [0.25, 0.3) is 5.70 Å². The Kier molecular flexibility index (Phi) is 6.16. The van der Waals surface area contributed by atoms with Crippen LogP contribution in [0.1, 0.15) is 39.7 Å². The quantitative estimate of drug-likeness (QED) is 0.685. The molecule has 1 aromatic carbocycles. The maximum absolute atomic E-state index is 14.1. The number of hydrogen-bond donors (Lipinski definition) is 3. The number of nitrogens with two attached hydrogens (primary N) is 2. The number of amides is 1. The Hall–Kier alpha value is -2.44. The largest absolute Gasteiger partial charge is 0.401 e. The van der Waals surface area contributed by atoms with Gasteiger partial charge in [-0.05, 0) is 41.5 Å². The predicted molar refractivity (Wildman–Crippen MR) is 104 cm³/mol. The highest BCUT2D eigenvalue weighted by atomic mass is 19.3. The van der Waals surface area contributed by atoms with Crippen LogP contribution < -0.4 is 16.8 Å². The summed E-state index contributed by atoms with van der Waals surface area (Å²) >= 11 is 0. The molecule has 2 unspecified atom stereocenters. The highest BCUT2D eigenvalue weighted by Gasteiger charge is 2.59. The average molecular weight is 395 g/mol. The third kappa shape index (κ3) is 3.38. The van der Waals surface area contributed by atoms with Gasteiger partial charge in [-0.1, -0.05) is 39.8 Å². The van der Waals surface area contributed by atoms with Crippen LogP contribution in [0.15, 0.2) is 41.6 Å². The summed E-state index contributed by atoms with van der Waals surface area (Å²) in [4.78, 5) is 13.0. The van der Waals surface area contributed by atoms with Gasteiger partial charge in [0.15, 0.2) is 0 Å². The average Bonchev–Trinajstić information content (AvgIpc) is 2.77. The van der Waals surface area contributed by atoms with E-state index in [1.807, 2.05) is 20.8 Å². The van der Waals surface area contributed by atoms with Gasteiger partial charge in [0.1, 0.15) is 5.82 Å². The number of carbonyl (C=O) groups excluding carboxylic acids is 1. The molecule has 1 aromatic rings. The van der Waals surface area contributed by atoms with Crippen LogP contribution in [-0.2, 0) is 4.79 Å². The van der Waals surface area contributed by atoms with Crippen molar-refractivity contribution in [1.29, 1.82) is 0 Å². The summed E-state index contributed by atoms with van der Waals surface area (Å²) in [6.07, 6.45) is -0.721. The molecule has 0 heterocycles. The Morgan fingerprint density at radius 2 is 1.93 bits per heavy atom. The first-order valence-corrected chi connectivity index (χ1v) is 9.29. The maximum Gasteiger partial charge on any atom is 0.255 e. The number of alkyl halides is 2. The van der Waals surface area contributed by atoms with E-state index in [4.69, 9.17) is 11.5 Å². The van der Waals surface area contributed by atoms with Gasteiger partial charge >= 0.3 is 0 Å². The molecule has 4 nitrogen and oxygen atoms in total. The zero-order valence-corrected chi connectivity index (χ0v) is 16.7. The normalized spacial score (nSPS) is 24.7. The Morgan fingerprint density at radius 3 is 2.46 bits per heavy atom. The molecule has 154 valence electrons. The molecule has 2 atom stereocenters. The number of benzene rings is 1. The first-order chi connectivity index (χ1) is 13.0. The molecule has 0 saturated carbocycles. The Labute approximate surface area is 163 Å². The molecular formula is C21H28F3N3O. The van der Waals surface area contributed by atoms with E-state index in [2.05, 4.69) is 5.32 Å². The molecule has 28 heavy (non-hydrogen) atoms. The summed E-state index contributed by atoms with van der Waals surface area (Å²) in [5, 5.41) is 2.32. The van der Waals surface area contributed by atoms with Gasteiger partial charge in [0.25, 0.3) is 6.43 Å². The molecule has 0 fully saturated rings. The van der Waals surface area contributed by atoms with Crippen LogP contribution >= 0.6 is 0 Å². The fourth-order valence-electron chi connectivity index (χ4n) is 4.27. The second-order valence-electron chi connectivity index (χ2n) is 7.75. The van der Waals surface area contributed by atoms with E-state index in [-0.39, 0.29) is 17.2 Å². The molecule has 0 bridgehead atoms. The molecule has 0 saturated heterocycles. The van der Waals surface area contributed by atoms with Gasteiger partial charge in [0.05, 0.1) is 12.0 Å². The summed E-state index contributed by atoms with van der Waals surface area (Å²) in [6.45, 7) is 6.74. The summed E-state index contributed by atoms with van der Waals surface area (Å²) in [5.41, 5.74) is 12.1. The van der Waals surface area contributed by atoms with Crippen LogP contribution in [0, 0.1) is 22.6 Å². The van der Waals surface area contributed by atoms with E-state index in [1.54, 1.807) is 31.2 Å². The third-order valence-corrected chi connectivity index (χ3v) is 6.25. The van der Waals surface area contributed by atoms with Crippen molar-refractivity contribution in [2.45, 2.75) is 40.5 Å². The van der Waals surface area contributed by atoms with Gasteiger partial charge in [0.2, 0.25) is 5.91 Å². The van der Waals surface area contributed by atoms with Crippen molar-refractivity contribution < 1.29 is 18.0 Å². The lowest BCUT2D eigenvalue weighted by molar-refractivity contribution is -0.136. The second kappa shape index (κ2) is 7.89. The Balaban J connectivity index is 2.56. The summed E-state index contributed by atoms with van der Waals surface area (Å²) < 4.78 is 39.3. The highest BCUT2D eigenvalue weighted by molar-refractivity contribution is 5.88. The lowest BCUT2D eigenvalue weighted by Crippen LogP contribution is -2.52. The molecule has 1 amide bonds. The lowest BCUT2D eigenvalue weighted by Gasteiger charge is -2.43. The standard InChI is InChI=1S/C21H28F3N3O/c1-5-21(19(28)27-11-17(23)24)18(26)14(12(2)20(21,3)4)10-16(25)13-8-6-7-9-15(13)22/h6-10,12,17H,5,11,25-26H2,1-4H3,(H,27,28)/b16-10-. The van der Waals surface area contributed by atoms with E-state index in [1.165, 1.54) is 6.07 Å². The van der Waals surface area contributed by atoms with Crippen molar-refractivity contribution in [2.24, 2.45) is 28.2 Å². The zero-order chi connectivity index (χ0) is 21.3. The summed E-state index contributed by atoms with van der Waals surface area (Å²) in [7, 11) is 0.